The number of hydrogen-bond acceptors (Lipinski definition) is 3. The number of likely N-dealkylation sites (tertiary alicyclic amines) is 1. The van der Waals surface area contributed by atoms with Crippen molar-refractivity contribution in [2.45, 2.75) is 19.0 Å². The molecular weight excluding hydrogens is 231 g/mol. The van der Waals surface area contributed by atoms with Crippen LogP contribution < -0.4 is 0 Å². The summed E-state index contributed by atoms with van der Waals surface area (Å²) in [5.41, 5.74) is -2.36. The number of hydrogen-bond donors (Lipinski definition) is 1. The fourth-order valence-corrected chi connectivity index (χ4v) is 1.57. The minimum Gasteiger partial charge on any atom is -0.479 e. The van der Waals surface area contributed by atoms with E-state index in [0.29, 0.717) is 0 Å². The molecule has 0 bridgehead atoms. The van der Waals surface area contributed by atoms with E-state index in [1.807, 2.05) is 0 Å². The number of likely N-dealkylation sites (N-methyl/N-ethyl adjacent to an activating group) is 1. The molecule has 1 heterocycles. The van der Waals surface area contributed by atoms with Gasteiger partial charge < -0.3 is 14.9 Å². The number of carboxylic acid groups (broad SMARTS) is 1. The predicted octanol–water partition coefficient (Wildman–Crippen LogP) is -0.510. The smallest absolute Gasteiger partial charge is 0.343 e. The fourth-order valence-electron chi connectivity index (χ4n) is 1.57. The van der Waals surface area contributed by atoms with Crippen molar-refractivity contribution in [2.75, 3.05) is 26.7 Å². The number of amides is 2. The molecule has 1 unspecified atom stereocenters. The largest absolute Gasteiger partial charge is 0.479 e. The van der Waals surface area contributed by atoms with E-state index >= 15 is 0 Å². The minimum atomic E-state index is -2.36. The van der Waals surface area contributed by atoms with E-state index < -0.39 is 24.1 Å². The molecule has 17 heavy (non-hydrogen) atoms. The van der Waals surface area contributed by atoms with Crippen molar-refractivity contribution in [3.8, 4) is 0 Å². The van der Waals surface area contributed by atoms with Crippen LogP contribution in [0, 0.1) is 0 Å². The van der Waals surface area contributed by atoms with Crippen molar-refractivity contribution in [3.63, 3.8) is 0 Å². The van der Waals surface area contributed by atoms with Gasteiger partial charge in [0.25, 0.3) is 0 Å². The molecule has 96 valence electrons. The van der Waals surface area contributed by atoms with Crippen molar-refractivity contribution in [3.05, 3.63) is 0 Å². The summed E-state index contributed by atoms with van der Waals surface area (Å²) >= 11 is 0. The van der Waals surface area contributed by atoms with E-state index in [9.17, 15) is 18.8 Å². The Labute approximate surface area is 98.0 Å². The van der Waals surface area contributed by atoms with Gasteiger partial charge in [0, 0.05) is 26.9 Å². The summed E-state index contributed by atoms with van der Waals surface area (Å²) in [6.07, 6.45) is -0.210. The highest BCUT2D eigenvalue weighted by Crippen LogP contribution is 2.25. The number of halogens is 1. The average Bonchev–Trinajstić information content (AvgIpc) is 2.62. The summed E-state index contributed by atoms with van der Waals surface area (Å²) in [6.45, 7) is 0.763. The monoisotopic (exact) mass is 246 g/mol. The Morgan fingerprint density at radius 1 is 1.47 bits per heavy atom. The number of alkyl halides is 1. The van der Waals surface area contributed by atoms with Crippen molar-refractivity contribution < 1.29 is 23.9 Å². The molecular formula is C10H15FN2O4. The first-order valence-electron chi connectivity index (χ1n) is 5.18. The lowest BCUT2D eigenvalue weighted by Crippen LogP contribution is -2.42. The number of aliphatic carboxylic acids is 1. The first-order valence-corrected chi connectivity index (χ1v) is 5.18. The maximum Gasteiger partial charge on any atom is 0.343 e. The number of carbonyl (C=O) groups is 3. The molecule has 0 aliphatic carbocycles. The van der Waals surface area contributed by atoms with Gasteiger partial charge in [0.15, 0.2) is 0 Å². The van der Waals surface area contributed by atoms with Crippen LogP contribution in [0.3, 0.4) is 0 Å². The van der Waals surface area contributed by atoms with Crippen molar-refractivity contribution in [1.82, 2.24) is 9.80 Å². The maximum atomic E-state index is 13.7. The van der Waals surface area contributed by atoms with E-state index in [1.165, 1.54) is 18.9 Å². The van der Waals surface area contributed by atoms with Crippen LogP contribution in [-0.4, -0.2) is 65.0 Å². The highest BCUT2D eigenvalue weighted by Gasteiger charge is 2.46. The molecule has 0 aromatic rings. The second kappa shape index (κ2) is 4.68. The Kier molecular flexibility index (Phi) is 3.69. The van der Waals surface area contributed by atoms with Crippen LogP contribution >= 0.6 is 0 Å². The lowest BCUT2D eigenvalue weighted by molar-refractivity contribution is -0.150. The summed E-state index contributed by atoms with van der Waals surface area (Å²) in [6, 6.07) is 0. The van der Waals surface area contributed by atoms with Gasteiger partial charge >= 0.3 is 5.97 Å². The van der Waals surface area contributed by atoms with Gasteiger partial charge in [0.2, 0.25) is 17.5 Å². The minimum absolute atomic E-state index is 0.0629. The second-order valence-corrected chi connectivity index (χ2v) is 4.21. The zero-order valence-corrected chi connectivity index (χ0v) is 9.77. The van der Waals surface area contributed by atoms with Crippen molar-refractivity contribution >= 4 is 17.8 Å². The third kappa shape index (κ3) is 2.92. The molecule has 1 fully saturated rings. The van der Waals surface area contributed by atoms with Gasteiger partial charge in [-0.3, -0.25) is 9.59 Å². The van der Waals surface area contributed by atoms with Gasteiger partial charge in [-0.2, -0.15) is 0 Å². The first-order chi connectivity index (χ1) is 7.76. The van der Waals surface area contributed by atoms with E-state index in [-0.39, 0.29) is 25.4 Å². The lowest BCUT2D eigenvalue weighted by atomic mass is 10.1. The van der Waals surface area contributed by atoms with E-state index in [4.69, 9.17) is 5.11 Å². The van der Waals surface area contributed by atoms with Crippen LogP contribution in [0.15, 0.2) is 0 Å². The Morgan fingerprint density at radius 2 is 2.06 bits per heavy atom. The molecule has 1 rings (SSSR count). The molecule has 1 atom stereocenters. The predicted molar refractivity (Wildman–Crippen MR) is 56.0 cm³/mol. The van der Waals surface area contributed by atoms with Gasteiger partial charge in [-0.25, -0.2) is 9.18 Å². The van der Waals surface area contributed by atoms with Crippen molar-refractivity contribution in [2.24, 2.45) is 0 Å². The molecule has 0 aromatic heterocycles. The average molecular weight is 246 g/mol. The summed E-state index contributed by atoms with van der Waals surface area (Å²) in [7, 11) is 1.45. The molecule has 1 N–H and O–H groups in total. The van der Waals surface area contributed by atoms with Gasteiger partial charge in [-0.1, -0.05) is 0 Å². The Bertz CT molecular complexity index is 360. The second-order valence-electron chi connectivity index (χ2n) is 4.21. The van der Waals surface area contributed by atoms with Crippen LogP contribution in [0.2, 0.25) is 0 Å². The molecule has 0 radical (unpaired) electrons. The number of carbonyl (C=O) groups excluding carboxylic acids is 2. The third-order valence-electron chi connectivity index (χ3n) is 2.87. The topological polar surface area (TPSA) is 77.9 Å². The first kappa shape index (κ1) is 13.4. The maximum absolute atomic E-state index is 13.7. The molecule has 1 saturated heterocycles. The Morgan fingerprint density at radius 3 is 2.47 bits per heavy atom. The summed E-state index contributed by atoms with van der Waals surface area (Å²) in [4.78, 5) is 35.5. The molecule has 0 saturated carbocycles. The van der Waals surface area contributed by atoms with E-state index in [2.05, 4.69) is 0 Å². The Hall–Kier alpha value is -1.66. The molecule has 2 amide bonds. The van der Waals surface area contributed by atoms with Gasteiger partial charge in [0.1, 0.15) is 0 Å². The zero-order valence-electron chi connectivity index (χ0n) is 9.77. The fraction of sp³-hybridized carbons (Fsp3) is 0.700. The van der Waals surface area contributed by atoms with Gasteiger partial charge in [-0.15, -0.1) is 0 Å². The van der Waals surface area contributed by atoms with E-state index in [0.717, 1.165) is 4.90 Å². The van der Waals surface area contributed by atoms with Crippen LogP contribution in [0.5, 0.6) is 0 Å². The van der Waals surface area contributed by atoms with Gasteiger partial charge in [-0.05, 0) is 0 Å². The SMILES string of the molecule is CC(=O)N(C)CC(=O)N1CCC(F)(C(=O)O)C1. The van der Waals surface area contributed by atoms with Crippen LogP contribution in [0.4, 0.5) is 4.39 Å². The molecule has 7 heteroatoms. The highest BCUT2D eigenvalue weighted by molar-refractivity contribution is 5.85. The standard InChI is InChI=1S/C10H15FN2O4/c1-7(14)12(2)5-8(15)13-4-3-10(11,6-13)9(16)17/h3-6H2,1-2H3,(H,16,17). The zero-order chi connectivity index (χ0) is 13.2. The third-order valence-corrected chi connectivity index (χ3v) is 2.87. The normalized spacial score (nSPS) is 23.6. The molecule has 1 aliphatic rings. The van der Waals surface area contributed by atoms with Crippen LogP contribution in [0.1, 0.15) is 13.3 Å². The lowest BCUT2D eigenvalue weighted by Gasteiger charge is -2.21. The van der Waals surface area contributed by atoms with Crippen LogP contribution in [0.25, 0.3) is 0 Å². The quantitative estimate of drug-likeness (QED) is 0.727. The highest BCUT2D eigenvalue weighted by atomic mass is 19.1. The van der Waals surface area contributed by atoms with Crippen LogP contribution in [-0.2, 0) is 14.4 Å². The summed E-state index contributed by atoms with van der Waals surface area (Å²) in [5.74, 6) is -2.27. The number of nitrogens with zero attached hydrogens (tertiary/aromatic N) is 2. The molecule has 0 aromatic carbocycles. The number of carboxylic acids is 1. The summed E-state index contributed by atoms with van der Waals surface area (Å²) in [5, 5.41) is 8.66. The van der Waals surface area contributed by atoms with Gasteiger partial charge in [0.05, 0.1) is 13.1 Å². The number of rotatable bonds is 3. The van der Waals surface area contributed by atoms with E-state index in [1.54, 1.807) is 0 Å². The Balaban J connectivity index is 2.57. The molecule has 0 spiro atoms. The van der Waals surface area contributed by atoms with Crippen molar-refractivity contribution in [1.29, 1.82) is 0 Å². The molecule has 6 nitrogen and oxygen atoms in total. The molecule has 1 aliphatic heterocycles. The summed E-state index contributed by atoms with van der Waals surface area (Å²) < 4.78 is 13.7.